The number of amides is 1. The normalized spacial score (nSPS) is 21.1. The Morgan fingerprint density at radius 1 is 1.08 bits per heavy atom. The van der Waals surface area contributed by atoms with Crippen molar-refractivity contribution >= 4 is 15.9 Å². The van der Waals surface area contributed by atoms with Crippen LogP contribution < -0.4 is 0 Å². The van der Waals surface area contributed by atoms with Gasteiger partial charge in [0.15, 0.2) is 0 Å². The Balaban J connectivity index is 1.75. The van der Waals surface area contributed by atoms with E-state index in [9.17, 15) is 13.2 Å². The van der Waals surface area contributed by atoms with Crippen molar-refractivity contribution < 1.29 is 13.2 Å². The number of hydrogen-bond acceptors (Lipinski definition) is 4. The standard InChI is InChI=1S/C19H29N3O3S/c1-3-20-11-13-22(14-12-20)26(24,25)18-6-4-5-17(15-18)19(23)21-9-7-16(2)8-10-21/h4-6,15-16H,3,7-14H2,1-2H3. The van der Waals surface area contributed by atoms with Crippen molar-refractivity contribution in [1.82, 2.24) is 14.1 Å². The predicted octanol–water partition coefficient (Wildman–Crippen LogP) is 1.88. The quantitative estimate of drug-likeness (QED) is 0.801. The molecule has 0 saturated carbocycles. The van der Waals surface area contributed by atoms with E-state index in [1.165, 1.54) is 4.31 Å². The van der Waals surface area contributed by atoms with E-state index in [4.69, 9.17) is 0 Å². The Morgan fingerprint density at radius 3 is 2.35 bits per heavy atom. The molecule has 2 aliphatic heterocycles. The summed E-state index contributed by atoms with van der Waals surface area (Å²) in [5.74, 6) is 0.581. The van der Waals surface area contributed by atoms with Gasteiger partial charge in [0.1, 0.15) is 0 Å². The first kappa shape index (κ1) is 19.3. The maximum absolute atomic E-state index is 13.0. The van der Waals surface area contributed by atoms with Crippen LogP contribution >= 0.6 is 0 Å². The van der Waals surface area contributed by atoms with E-state index in [-0.39, 0.29) is 10.8 Å². The van der Waals surface area contributed by atoms with E-state index < -0.39 is 10.0 Å². The third-order valence-corrected chi connectivity index (χ3v) is 7.46. The first-order chi connectivity index (χ1) is 12.4. The summed E-state index contributed by atoms with van der Waals surface area (Å²) in [6, 6.07) is 6.53. The minimum atomic E-state index is -3.55. The predicted molar refractivity (Wildman–Crippen MR) is 102 cm³/mol. The number of piperazine rings is 1. The molecule has 0 aliphatic carbocycles. The molecule has 0 spiro atoms. The molecule has 0 radical (unpaired) electrons. The van der Waals surface area contributed by atoms with Gasteiger partial charge in [-0.15, -0.1) is 0 Å². The van der Waals surface area contributed by atoms with Crippen molar-refractivity contribution in [3.63, 3.8) is 0 Å². The minimum Gasteiger partial charge on any atom is -0.339 e. The van der Waals surface area contributed by atoms with Gasteiger partial charge in [0, 0.05) is 44.8 Å². The van der Waals surface area contributed by atoms with Crippen molar-refractivity contribution in [2.45, 2.75) is 31.6 Å². The molecule has 2 aliphatic rings. The summed E-state index contributed by atoms with van der Waals surface area (Å²) in [6.45, 7) is 9.21. The van der Waals surface area contributed by atoms with Gasteiger partial charge >= 0.3 is 0 Å². The van der Waals surface area contributed by atoms with Crippen LogP contribution in [0.1, 0.15) is 37.0 Å². The lowest BCUT2D eigenvalue weighted by Crippen LogP contribution is -2.48. The largest absolute Gasteiger partial charge is 0.339 e. The molecule has 1 aromatic rings. The number of nitrogens with zero attached hydrogens (tertiary/aromatic N) is 3. The summed E-state index contributed by atoms with van der Waals surface area (Å²) in [6.07, 6.45) is 2.01. The summed E-state index contributed by atoms with van der Waals surface area (Å²) in [7, 11) is -3.55. The molecule has 0 aromatic heterocycles. The number of rotatable bonds is 4. The van der Waals surface area contributed by atoms with Crippen molar-refractivity contribution in [2.24, 2.45) is 5.92 Å². The zero-order valence-electron chi connectivity index (χ0n) is 15.7. The molecule has 0 bridgehead atoms. The minimum absolute atomic E-state index is 0.0650. The van der Waals surface area contributed by atoms with Gasteiger partial charge in [0.2, 0.25) is 10.0 Å². The molecular weight excluding hydrogens is 350 g/mol. The Morgan fingerprint density at radius 2 is 1.73 bits per heavy atom. The van der Waals surface area contributed by atoms with E-state index >= 15 is 0 Å². The number of piperidine rings is 1. The molecule has 1 amide bonds. The van der Waals surface area contributed by atoms with E-state index in [1.54, 1.807) is 24.3 Å². The average Bonchev–Trinajstić information content (AvgIpc) is 2.68. The molecule has 6 nitrogen and oxygen atoms in total. The number of hydrogen-bond donors (Lipinski definition) is 0. The summed E-state index contributed by atoms with van der Waals surface area (Å²) >= 11 is 0. The highest BCUT2D eigenvalue weighted by Crippen LogP contribution is 2.22. The fraction of sp³-hybridized carbons (Fsp3) is 0.632. The molecule has 0 N–H and O–H groups in total. The van der Waals surface area contributed by atoms with E-state index in [1.807, 2.05) is 4.90 Å². The fourth-order valence-electron chi connectivity index (χ4n) is 3.62. The van der Waals surface area contributed by atoms with Crippen molar-refractivity contribution in [3.05, 3.63) is 29.8 Å². The summed E-state index contributed by atoms with van der Waals surface area (Å²) in [5, 5.41) is 0. The first-order valence-electron chi connectivity index (χ1n) is 9.53. The molecule has 1 aromatic carbocycles. The second-order valence-corrected chi connectivity index (χ2v) is 9.28. The van der Waals surface area contributed by atoms with E-state index in [0.29, 0.717) is 24.6 Å². The van der Waals surface area contributed by atoms with Gasteiger partial charge in [-0.05, 0) is 43.5 Å². The van der Waals surface area contributed by atoms with Gasteiger partial charge in [-0.2, -0.15) is 4.31 Å². The SMILES string of the molecule is CCN1CCN(S(=O)(=O)c2cccc(C(=O)N3CCC(C)CC3)c2)CC1. The van der Waals surface area contributed by atoms with Gasteiger partial charge in [-0.25, -0.2) is 8.42 Å². The van der Waals surface area contributed by atoms with Crippen LogP contribution in [0.25, 0.3) is 0 Å². The first-order valence-corrected chi connectivity index (χ1v) is 11.0. The Bertz CT molecular complexity index is 734. The van der Waals surface area contributed by atoms with Gasteiger partial charge in [0.05, 0.1) is 4.90 Å². The van der Waals surface area contributed by atoms with Gasteiger partial charge in [-0.1, -0.05) is 19.9 Å². The number of carbonyl (C=O) groups is 1. The molecule has 2 fully saturated rings. The second-order valence-electron chi connectivity index (χ2n) is 7.34. The lowest BCUT2D eigenvalue weighted by atomic mass is 9.98. The van der Waals surface area contributed by atoms with E-state index in [0.717, 1.165) is 45.6 Å². The zero-order chi connectivity index (χ0) is 18.7. The second kappa shape index (κ2) is 8.06. The third-order valence-electron chi connectivity index (χ3n) is 5.57. The van der Waals surface area contributed by atoms with Crippen LogP contribution in [0.5, 0.6) is 0 Å². The average molecular weight is 380 g/mol. The molecule has 7 heteroatoms. The smallest absolute Gasteiger partial charge is 0.253 e. The Hall–Kier alpha value is -1.44. The lowest BCUT2D eigenvalue weighted by molar-refractivity contribution is 0.0697. The maximum Gasteiger partial charge on any atom is 0.253 e. The van der Waals surface area contributed by atoms with Crippen LogP contribution in [-0.4, -0.2) is 74.2 Å². The van der Waals surface area contributed by atoms with Crippen LogP contribution in [0.4, 0.5) is 0 Å². The number of benzene rings is 1. The van der Waals surface area contributed by atoms with Crippen LogP contribution in [0.2, 0.25) is 0 Å². The summed E-state index contributed by atoms with van der Waals surface area (Å²) < 4.78 is 27.5. The number of likely N-dealkylation sites (N-methyl/N-ethyl adjacent to an activating group) is 1. The lowest BCUT2D eigenvalue weighted by Gasteiger charge is -2.33. The fourth-order valence-corrected chi connectivity index (χ4v) is 5.09. The highest BCUT2D eigenvalue weighted by atomic mass is 32.2. The van der Waals surface area contributed by atoms with Crippen LogP contribution in [0.3, 0.4) is 0 Å². The molecule has 3 rings (SSSR count). The molecule has 144 valence electrons. The Kier molecular flexibility index (Phi) is 5.99. The van der Waals surface area contributed by atoms with Crippen LogP contribution in [0, 0.1) is 5.92 Å². The van der Waals surface area contributed by atoms with Gasteiger partial charge in [-0.3, -0.25) is 4.79 Å². The van der Waals surface area contributed by atoms with Crippen molar-refractivity contribution in [3.8, 4) is 0 Å². The van der Waals surface area contributed by atoms with Crippen molar-refractivity contribution in [2.75, 3.05) is 45.8 Å². The van der Waals surface area contributed by atoms with Gasteiger partial charge < -0.3 is 9.80 Å². The zero-order valence-corrected chi connectivity index (χ0v) is 16.5. The molecule has 26 heavy (non-hydrogen) atoms. The monoisotopic (exact) mass is 379 g/mol. The maximum atomic E-state index is 13.0. The molecule has 0 unspecified atom stereocenters. The van der Waals surface area contributed by atoms with Crippen molar-refractivity contribution in [1.29, 1.82) is 0 Å². The molecule has 2 saturated heterocycles. The molecular formula is C19H29N3O3S. The number of sulfonamides is 1. The van der Waals surface area contributed by atoms with Crippen LogP contribution in [-0.2, 0) is 10.0 Å². The Labute approximate surface area is 156 Å². The molecule has 2 heterocycles. The van der Waals surface area contributed by atoms with E-state index in [2.05, 4.69) is 18.7 Å². The summed E-state index contributed by atoms with van der Waals surface area (Å²) in [5.41, 5.74) is 0.466. The molecule has 0 atom stereocenters. The highest BCUT2D eigenvalue weighted by molar-refractivity contribution is 7.89. The van der Waals surface area contributed by atoms with Gasteiger partial charge in [0.25, 0.3) is 5.91 Å². The summed E-state index contributed by atoms with van der Waals surface area (Å²) in [4.78, 5) is 17.1. The number of carbonyl (C=O) groups excluding carboxylic acids is 1. The van der Waals surface area contributed by atoms with Crippen LogP contribution in [0.15, 0.2) is 29.2 Å². The highest BCUT2D eigenvalue weighted by Gasteiger charge is 2.29. The third kappa shape index (κ3) is 4.10. The number of likely N-dealkylation sites (tertiary alicyclic amines) is 1. The topological polar surface area (TPSA) is 60.9 Å².